The lowest BCUT2D eigenvalue weighted by atomic mass is 10.1. The summed E-state index contributed by atoms with van der Waals surface area (Å²) in [6.07, 6.45) is 0. The van der Waals surface area contributed by atoms with Gasteiger partial charge in [0.05, 0.1) is 5.69 Å². The van der Waals surface area contributed by atoms with E-state index in [-0.39, 0.29) is 12.4 Å². The first-order chi connectivity index (χ1) is 7.50. The van der Waals surface area contributed by atoms with E-state index in [1.54, 1.807) is 13.0 Å². The minimum atomic E-state index is -0.449. The quantitative estimate of drug-likeness (QED) is 0.360. The molecule has 1 aromatic rings. The topological polar surface area (TPSA) is 68.5 Å². The highest BCUT2D eigenvalue weighted by molar-refractivity contribution is 5.98. The normalized spacial score (nSPS) is 11.4. The Morgan fingerprint density at radius 3 is 2.88 bits per heavy atom. The molecule has 0 aromatic heterocycles. The number of rotatable bonds is 3. The molecule has 1 aliphatic heterocycles. The smallest absolute Gasteiger partial charge is 0.333 e. The molecule has 4 nitrogen and oxygen atoms in total. The number of phenols is 1. The van der Waals surface area contributed by atoms with Gasteiger partial charge in [0.1, 0.15) is 18.0 Å². The third kappa shape index (κ3) is 1.74. The first-order valence-electron chi connectivity index (χ1n) is 4.95. The zero-order valence-corrected chi connectivity index (χ0v) is 9.26. The zero-order valence-electron chi connectivity index (χ0n) is 9.26. The lowest BCUT2D eigenvalue weighted by Crippen LogP contribution is -2.04. The number of fused-ring (bicyclic) bond motifs is 1. The number of benzene rings is 1. The van der Waals surface area contributed by atoms with Crippen molar-refractivity contribution < 1.29 is 14.6 Å². The average molecular weight is 219 g/mol. The van der Waals surface area contributed by atoms with Crippen LogP contribution >= 0.6 is 0 Å². The second-order valence-corrected chi connectivity index (χ2v) is 3.93. The number of hydrogen-bond donors (Lipinski definition) is 2. The molecule has 1 aliphatic rings. The van der Waals surface area contributed by atoms with Gasteiger partial charge in [0.15, 0.2) is 0 Å². The number of esters is 1. The molecule has 0 radical (unpaired) electrons. The summed E-state index contributed by atoms with van der Waals surface area (Å²) in [4.78, 5) is 11.2. The van der Waals surface area contributed by atoms with E-state index < -0.39 is 5.97 Å². The Morgan fingerprint density at radius 2 is 2.25 bits per heavy atom. The minimum Gasteiger partial charge on any atom is -0.505 e. The van der Waals surface area contributed by atoms with Gasteiger partial charge in [-0.3, -0.25) is 0 Å². The Kier molecular flexibility index (Phi) is 2.34. The van der Waals surface area contributed by atoms with Crippen molar-refractivity contribution in [1.82, 2.24) is 0 Å². The van der Waals surface area contributed by atoms with Crippen LogP contribution in [-0.2, 0) is 16.1 Å². The third-order valence-electron chi connectivity index (χ3n) is 2.47. The molecule has 0 fully saturated rings. The molecule has 16 heavy (non-hydrogen) atoms. The molecule has 0 amide bonds. The van der Waals surface area contributed by atoms with Gasteiger partial charge in [-0.2, -0.15) is 0 Å². The minimum absolute atomic E-state index is 0.0628. The Balaban J connectivity index is 2.12. The first kappa shape index (κ1) is 10.5. The number of anilines is 2. The van der Waals surface area contributed by atoms with Gasteiger partial charge < -0.3 is 15.2 Å². The van der Waals surface area contributed by atoms with E-state index >= 15 is 0 Å². The van der Waals surface area contributed by atoms with Crippen molar-refractivity contribution in [3.63, 3.8) is 0 Å². The van der Waals surface area contributed by atoms with Crippen LogP contribution in [0.5, 0.6) is 5.75 Å². The van der Waals surface area contributed by atoms with E-state index in [0.717, 1.165) is 16.9 Å². The van der Waals surface area contributed by atoms with E-state index in [1.807, 2.05) is 6.92 Å². The SMILES string of the molecule is C=C(C)C(=O)OCc1cc(C)c2c(c1O)N2. The molecule has 0 atom stereocenters. The molecule has 0 spiro atoms. The fraction of sp³-hybridized carbons (Fsp3) is 0.250. The average Bonchev–Trinajstić information content (AvgIpc) is 3.01. The summed E-state index contributed by atoms with van der Waals surface area (Å²) in [6.45, 7) is 7.07. The fourth-order valence-corrected chi connectivity index (χ4v) is 1.51. The van der Waals surface area contributed by atoms with Crippen molar-refractivity contribution in [3.8, 4) is 5.75 Å². The van der Waals surface area contributed by atoms with Gasteiger partial charge in [-0.25, -0.2) is 4.79 Å². The summed E-state index contributed by atoms with van der Waals surface area (Å²) in [5, 5.41) is 12.7. The molecule has 0 unspecified atom stereocenters. The predicted octanol–water partition coefficient (Wildman–Crippen LogP) is 2.38. The molecule has 0 aliphatic carbocycles. The van der Waals surface area contributed by atoms with Crippen molar-refractivity contribution in [1.29, 1.82) is 0 Å². The molecule has 2 N–H and O–H groups in total. The third-order valence-corrected chi connectivity index (χ3v) is 2.47. The fourth-order valence-electron chi connectivity index (χ4n) is 1.51. The van der Waals surface area contributed by atoms with Crippen LogP contribution < -0.4 is 5.32 Å². The summed E-state index contributed by atoms with van der Waals surface area (Å²) >= 11 is 0. The highest BCUT2D eigenvalue weighted by Gasteiger charge is 2.26. The van der Waals surface area contributed by atoms with Gasteiger partial charge >= 0.3 is 5.97 Å². The van der Waals surface area contributed by atoms with Crippen LogP contribution in [-0.4, -0.2) is 11.1 Å². The monoisotopic (exact) mass is 219 g/mol. The summed E-state index contributed by atoms with van der Waals surface area (Å²) < 4.78 is 4.98. The Bertz CT molecular complexity index is 492. The van der Waals surface area contributed by atoms with Crippen LogP contribution in [0.3, 0.4) is 0 Å². The van der Waals surface area contributed by atoms with Gasteiger partial charge in [0.2, 0.25) is 0 Å². The van der Waals surface area contributed by atoms with Gasteiger partial charge in [-0.15, -0.1) is 0 Å². The maximum atomic E-state index is 11.2. The van der Waals surface area contributed by atoms with Crippen molar-refractivity contribution in [2.24, 2.45) is 0 Å². The molecule has 0 saturated carbocycles. The zero-order chi connectivity index (χ0) is 11.9. The molecule has 0 bridgehead atoms. The van der Waals surface area contributed by atoms with E-state index in [0.29, 0.717) is 11.1 Å². The van der Waals surface area contributed by atoms with Crippen LogP contribution in [0.15, 0.2) is 18.2 Å². The van der Waals surface area contributed by atoms with E-state index in [1.165, 1.54) is 0 Å². The molecule has 2 rings (SSSR count). The maximum absolute atomic E-state index is 11.2. The first-order valence-corrected chi connectivity index (χ1v) is 4.95. The number of nitrogens with one attached hydrogen (secondary N) is 1. The Labute approximate surface area is 93.5 Å². The molecule has 1 aromatic carbocycles. The number of hydrogen-bond acceptors (Lipinski definition) is 4. The van der Waals surface area contributed by atoms with Crippen molar-refractivity contribution >= 4 is 17.3 Å². The molecule has 0 saturated heterocycles. The van der Waals surface area contributed by atoms with Crippen LogP contribution in [0.1, 0.15) is 18.1 Å². The standard InChI is InChI=1S/C12H13NO3/c1-6(2)12(15)16-5-8-4-7(3)9-10(13-9)11(8)14/h4,13-14H,1,5H2,2-3H3. The molecule has 1 heterocycles. The molecular weight excluding hydrogens is 206 g/mol. The van der Waals surface area contributed by atoms with Crippen LogP contribution in [0, 0.1) is 6.92 Å². The van der Waals surface area contributed by atoms with Crippen molar-refractivity contribution in [2.75, 3.05) is 5.32 Å². The number of aryl methyl sites for hydroxylation is 1. The largest absolute Gasteiger partial charge is 0.505 e. The van der Waals surface area contributed by atoms with Crippen molar-refractivity contribution in [3.05, 3.63) is 29.3 Å². The lowest BCUT2D eigenvalue weighted by molar-refractivity contribution is -0.140. The van der Waals surface area contributed by atoms with Crippen LogP contribution in [0.2, 0.25) is 0 Å². The highest BCUT2D eigenvalue weighted by Crippen LogP contribution is 2.50. The van der Waals surface area contributed by atoms with Gasteiger partial charge in [-0.05, 0) is 25.5 Å². The molecule has 84 valence electrons. The van der Waals surface area contributed by atoms with Gasteiger partial charge in [0, 0.05) is 11.1 Å². The summed E-state index contributed by atoms with van der Waals surface area (Å²) in [5.41, 5.74) is 3.69. The Morgan fingerprint density at radius 1 is 1.56 bits per heavy atom. The van der Waals surface area contributed by atoms with Gasteiger partial charge in [0.25, 0.3) is 0 Å². The lowest BCUT2D eigenvalue weighted by Gasteiger charge is -2.06. The number of carbonyl (C=O) groups is 1. The van der Waals surface area contributed by atoms with E-state index in [2.05, 4.69) is 11.9 Å². The van der Waals surface area contributed by atoms with Crippen LogP contribution in [0.4, 0.5) is 11.4 Å². The summed E-state index contributed by atoms with van der Waals surface area (Å²) in [5.74, 6) is -0.287. The maximum Gasteiger partial charge on any atom is 0.333 e. The van der Waals surface area contributed by atoms with Crippen molar-refractivity contribution in [2.45, 2.75) is 20.5 Å². The number of phenolic OH excluding ortho intramolecular Hbond substituents is 1. The van der Waals surface area contributed by atoms with E-state index in [4.69, 9.17) is 4.74 Å². The summed E-state index contributed by atoms with van der Waals surface area (Å²) in [6, 6.07) is 1.81. The van der Waals surface area contributed by atoms with Crippen LogP contribution in [0.25, 0.3) is 0 Å². The predicted molar refractivity (Wildman–Crippen MR) is 60.7 cm³/mol. The highest BCUT2D eigenvalue weighted by atomic mass is 16.5. The van der Waals surface area contributed by atoms with E-state index in [9.17, 15) is 9.90 Å². The molecule has 4 heteroatoms. The number of ether oxygens (including phenoxy) is 1. The number of aromatic hydroxyl groups is 1. The van der Waals surface area contributed by atoms with Gasteiger partial charge in [-0.1, -0.05) is 6.58 Å². The summed E-state index contributed by atoms with van der Waals surface area (Å²) in [7, 11) is 0. The Hall–Kier alpha value is -1.97. The molecular formula is C12H13NO3. The second-order valence-electron chi connectivity index (χ2n) is 3.93. The second kappa shape index (κ2) is 3.56. The number of carbonyl (C=O) groups excluding carboxylic acids is 1.